The average molecular weight is 932 g/mol. The molecule has 2 N–H and O–H groups in total. The van der Waals surface area contributed by atoms with Crippen LogP contribution in [-0.2, 0) is 26.5 Å². The highest BCUT2D eigenvalue weighted by atomic mass is 32.2. The van der Waals surface area contributed by atoms with E-state index >= 15 is 0 Å². The minimum Gasteiger partial charge on any atom is -0.495 e. The van der Waals surface area contributed by atoms with Crippen LogP contribution < -0.4 is 24.0 Å². The van der Waals surface area contributed by atoms with Crippen molar-refractivity contribution >= 4 is 54.7 Å². The van der Waals surface area contributed by atoms with Gasteiger partial charge in [0, 0.05) is 75.4 Å². The number of nitrogens with one attached hydrogen (secondary N) is 2. The second-order valence-electron chi connectivity index (χ2n) is 16.2. The molecule has 0 spiro atoms. The van der Waals surface area contributed by atoms with E-state index in [4.69, 9.17) is 4.74 Å². The highest BCUT2D eigenvalue weighted by Crippen LogP contribution is 2.33. The SMILES string of the molecule is COc1ccc(Cc2ccc(S(=O)(=O)Nc3ccccc3F)cc2C(=O)N2CCN(c3ccccn3)CC2)cc1N1CCCN(C(=O)c2cccc(S(=O)(=O)Nc3ccc(C)cc3)c2)CC1. The van der Waals surface area contributed by atoms with Crippen LogP contribution in [0.3, 0.4) is 0 Å². The Bertz CT molecular complexity index is 2950. The number of para-hydroxylation sites is 1. The number of piperazine rings is 1. The second-order valence-corrected chi connectivity index (χ2v) is 19.6. The van der Waals surface area contributed by atoms with Gasteiger partial charge in [0.2, 0.25) is 0 Å². The topological polar surface area (TPSA) is 162 Å². The van der Waals surface area contributed by atoms with Crippen LogP contribution in [0.4, 0.5) is 27.3 Å². The van der Waals surface area contributed by atoms with Crippen molar-refractivity contribution < 1.29 is 35.6 Å². The molecule has 0 aliphatic carbocycles. The fourth-order valence-electron chi connectivity index (χ4n) is 8.16. The number of ether oxygens (including phenoxy) is 1. The molecule has 3 heterocycles. The third-order valence-electron chi connectivity index (χ3n) is 11.7. The zero-order valence-corrected chi connectivity index (χ0v) is 38.2. The standard InChI is InChI=1S/C49H50FN7O7S2/c1-35-14-18-39(19-15-35)52-65(60,61)40-10-7-9-38(33-40)48(58)56-24-8-23-54(25-28-56)45-32-36(16-21-46(45)64-2)31-37-17-20-41(66(62,63)53-44-12-4-3-11-43(44)50)34-42(37)49(59)57-29-26-55(27-30-57)47-13-5-6-22-51-47/h3-7,9-22,32-34,52-53H,8,23-31H2,1-2H3. The van der Waals surface area contributed by atoms with Crippen LogP contribution in [0.2, 0.25) is 0 Å². The lowest BCUT2D eigenvalue weighted by atomic mass is 9.98. The van der Waals surface area contributed by atoms with E-state index in [9.17, 15) is 30.8 Å². The van der Waals surface area contributed by atoms with Gasteiger partial charge in [-0.2, -0.15) is 0 Å². The van der Waals surface area contributed by atoms with Gasteiger partial charge in [-0.3, -0.25) is 19.0 Å². The molecule has 1 aromatic heterocycles. The third-order valence-corrected chi connectivity index (χ3v) is 14.5. The van der Waals surface area contributed by atoms with E-state index in [-0.39, 0.29) is 44.8 Å². The van der Waals surface area contributed by atoms with Gasteiger partial charge in [0.15, 0.2) is 0 Å². The molecule has 2 saturated heterocycles. The van der Waals surface area contributed by atoms with Crippen molar-refractivity contribution in [3.8, 4) is 5.75 Å². The summed E-state index contributed by atoms with van der Waals surface area (Å²) in [5.41, 5.74) is 3.89. The number of methoxy groups -OCH3 is 1. The van der Waals surface area contributed by atoms with Gasteiger partial charge in [-0.1, -0.05) is 54.1 Å². The first-order valence-corrected chi connectivity index (χ1v) is 24.5. The predicted molar refractivity (Wildman–Crippen MR) is 253 cm³/mol. The number of amides is 2. The molecule has 2 aliphatic heterocycles. The highest BCUT2D eigenvalue weighted by Gasteiger charge is 2.28. The summed E-state index contributed by atoms with van der Waals surface area (Å²) in [5, 5.41) is 0. The zero-order valence-electron chi connectivity index (χ0n) is 36.6. The Morgan fingerprint density at radius 2 is 1.36 bits per heavy atom. The van der Waals surface area contributed by atoms with Gasteiger partial charge in [-0.05, 0) is 110 Å². The lowest BCUT2D eigenvalue weighted by Gasteiger charge is -2.35. The van der Waals surface area contributed by atoms with Gasteiger partial charge >= 0.3 is 0 Å². The van der Waals surface area contributed by atoms with E-state index in [1.807, 2.05) is 55.5 Å². The van der Waals surface area contributed by atoms with Crippen LogP contribution in [0.25, 0.3) is 0 Å². The molecule has 0 bridgehead atoms. The van der Waals surface area contributed by atoms with Crippen molar-refractivity contribution in [2.45, 2.75) is 29.6 Å². The quantitative estimate of drug-likeness (QED) is 0.123. The molecule has 0 unspecified atom stereocenters. The van der Waals surface area contributed by atoms with Crippen LogP contribution >= 0.6 is 0 Å². The summed E-state index contributed by atoms with van der Waals surface area (Å²) in [4.78, 5) is 40.3. The normalized spacial score (nSPS) is 14.7. The van der Waals surface area contributed by atoms with Gasteiger partial charge < -0.3 is 24.3 Å². The lowest BCUT2D eigenvalue weighted by molar-refractivity contribution is 0.0743. The molecule has 5 aromatic carbocycles. The Kier molecular flexibility index (Phi) is 13.6. The number of halogens is 1. The second kappa shape index (κ2) is 19.6. The molecule has 14 nitrogen and oxygen atoms in total. The number of aromatic nitrogens is 1. The van der Waals surface area contributed by atoms with Crippen molar-refractivity contribution in [2.24, 2.45) is 0 Å². The number of hydrogen-bond donors (Lipinski definition) is 2. The summed E-state index contributed by atoms with van der Waals surface area (Å²) in [6.07, 6.45) is 2.61. The summed E-state index contributed by atoms with van der Waals surface area (Å²) in [5.74, 6) is 0.0755. The molecule has 0 saturated carbocycles. The van der Waals surface area contributed by atoms with E-state index in [0.29, 0.717) is 75.8 Å². The molecule has 8 rings (SSSR count). The fraction of sp³-hybridized carbons (Fsp3) is 0.245. The van der Waals surface area contributed by atoms with Crippen molar-refractivity contribution in [3.63, 3.8) is 0 Å². The number of carbonyl (C=O) groups excluding carboxylic acids is 2. The first-order chi connectivity index (χ1) is 31.8. The van der Waals surface area contributed by atoms with Gasteiger partial charge in [0.25, 0.3) is 31.9 Å². The van der Waals surface area contributed by atoms with Crippen LogP contribution in [-0.4, -0.2) is 103 Å². The largest absolute Gasteiger partial charge is 0.495 e. The number of sulfonamides is 2. The van der Waals surface area contributed by atoms with Crippen molar-refractivity contribution in [1.29, 1.82) is 0 Å². The summed E-state index contributed by atoms with van der Waals surface area (Å²) in [7, 11) is -6.67. The maximum Gasteiger partial charge on any atom is 0.262 e. The number of nitrogens with zero attached hydrogens (tertiary/aromatic N) is 5. The number of rotatable bonds is 13. The Labute approximate surface area is 384 Å². The predicted octanol–water partition coefficient (Wildman–Crippen LogP) is 7.05. The van der Waals surface area contributed by atoms with E-state index in [1.54, 1.807) is 53.4 Å². The smallest absolute Gasteiger partial charge is 0.262 e. The molecular weight excluding hydrogens is 882 g/mol. The number of carbonyl (C=O) groups is 2. The molecule has 17 heteroatoms. The van der Waals surface area contributed by atoms with Crippen LogP contribution in [0.15, 0.2) is 143 Å². The Morgan fingerprint density at radius 3 is 2.09 bits per heavy atom. The van der Waals surface area contributed by atoms with Crippen LogP contribution in [0.5, 0.6) is 5.75 Å². The summed E-state index contributed by atoms with van der Waals surface area (Å²) in [6.45, 7) is 5.59. The fourth-order valence-corrected chi connectivity index (χ4v) is 10.4. The minimum atomic E-state index is -4.30. The average Bonchev–Trinajstić information content (AvgIpc) is 3.59. The lowest BCUT2D eigenvalue weighted by Crippen LogP contribution is -2.49. The summed E-state index contributed by atoms with van der Waals surface area (Å²) < 4.78 is 79.2. The molecule has 342 valence electrons. The van der Waals surface area contributed by atoms with Crippen molar-refractivity contribution in [3.05, 3.63) is 167 Å². The molecule has 2 amide bonds. The summed E-state index contributed by atoms with van der Waals surface area (Å²) >= 11 is 0. The molecule has 2 fully saturated rings. The zero-order chi connectivity index (χ0) is 46.4. The molecule has 6 aromatic rings. The van der Waals surface area contributed by atoms with E-state index in [0.717, 1.165) is 28.7 Å². The van der Waals surface area contributed by atoms with Gasteiger partial charge in [-0.25, -0.2) is 26.2 Å². The third kappa shape index (κ3) is 10.4. The Morgan fingerprint density at radius 1 is 0.667 bits per heavy atom. The number of hydrogen-bond acceptors (Lipinski definition) is 10. The van der Waals surface area contributed by atoms with Crippen molar-refractivity contribution in [1.82, 2.24) is 14.8 Å². The highest BCUT2D eigenvalue weighted by molar-refractivity contribution is 7.93. The van der Waals surface area contributed by atoms with Crippen LogP contribution in [0.1, 0.15) is 43.8 Å². The van der Waals surface area contributed by atoms with Gasteiger partial charge in [0.05, 0.1) is 28.3 Å². The van der Waals surface area contributed by atoms with E-state index in [2.05, 4.69) is 24.2 Å². The van der Waals surface area contributed by atoms with Crippen molar-refractivity contribution in [2.75, 3.05) is 78.7 Å². The summed E-state index contributed by atoms with van der Waals surface area (Å²) in [6, 6.07) is 34.3. The van der Waals surface area contributed by atoms with E-state index < -0.39 is 25.9 Å². The number of aryl methyl sites for hydroxylation is 1. The minimum absolute atomic E-state index is 0.0181. The maximum atomic E-state index is 14.6. The molecule has 0 radical (unpaired) electrons. The van der Waals surface area contributed by atoms with Gasteiger partial charge in [0.1, 0.15) is 17.4 Å². The maximum absolute atomic E-state index is 14.6. The van der Waals surface area contributed by atoms with E-state index in [1.165, 1.54) is 42.5 Å². The first kappa shape index (κ1) is 45.6. The number of anilines is 4. The monoisotopic (exact) mass is 931 g/mol. The molecule has 0 atom stereocenters. The molecule has 66 heavy (non-hydrogen) atoms. The molecule has 2 aliphatic rings. The molecular formula is C49H50FN7O7S2. The number of pyridine rings is 1. The number of benzene rings is 5. The Balaban J connectivity index is 1.01. The van der Waals surface area contributed by atoms with Crippen LogP contribution in [0, 0.1) is 12.7 Å². The van der Waals surface area contributed by atoms with Gasteiger partial charge in [-0.15, -0.1) is 0 Å². The Hall–Kier alpha value is -6.98. The first-order valence-electron chi connectivity index (χ1n) is 21.5.